The number of quaternary nitrogens is 1. The third-order valence-electron chi connectivity index (χ3n) is 3.65. The molecular weight excluding hydrogens is 384 g/mol. The van der Waals surface area contributed by atoms with Crippen molar-refractivity contribution in [3.63, 3.8) is 0 Å². The molecule has 2 aromatic carbocycles. The molecule has 0 bridgehead atoms. The zero-order valence-electron chi connectivity index (χ0n) is 14.8. The Morgan fingerprint density at radius 3 is 2.56 bits per heavy atom. The van der Waals surface area contributed by atoms with Crippen molar-refractivity contribution >= 4 is 27.5 Å². The lowest BCUT2D eigenvalue weighted by atomic mass is 10.2. The van der Waals surface area contributed by atoms with E-state index in [1.807, 2.05) is 56.4 Å². The molecule has 0 saturated heterocycles. The molecule has 0 fully saturated rings. The minimum atomic E-state index is -0.0318. The van der Waals surface area contributed by atoms with Gasteiger partial charge in [-0.25, -0.2) is 0 Å². The maximum atomic E-state index is 12.2. The fraction of sp³-hybridized carbons (Fsp3) is 0.316. The Morgan fingerprint density at radius 2 is 1.92 bits per heavy atom. The molecule has 1 unspecified atom stereocenters. The van der Waals surface area contributed by atoms with E-state index in [4.69, 9.17) is 9.47 Å². The summed E-state index contributed by atoms with van der Waals surface area (Å²) in [4.78, 5) is 13.3. The number of anilines is 1. The predicted molar refractivity (Wildman–Crippen MR) is 102 cm³/mol. The van der Waals surface area contributed by atoms with Crippen molar-refractivity contribution < 1.29 is 19.2 Å². The highest BCUT2D eigenvalue weighted by Crippen LogP contribution is 2.22. The van der Waals surface area contributed by atoms with Gasteiger partial charge in [-0.05, 0) is 49.4 Å². The van der Waals surface area contributed by atoms with Crippen molar-refractivity contribution in [2.45, 2.75) is 13.5 Å². The Balaban J connectivity index is 1.90. The largest absolute Gasteiger partial charge is 0.496 e. The van der Waals surface area contributed by atoms with Gasteiger partial charge >= 0.3 is 0 Å². The summed E-state index contributed by atoms with van der Waals surface area (Å²) in [5, 5.41) is 2.91. The van der Waals surface area contributed by atoms with E-state index in [1.54, 1.807) is 7.11 Å². The lowest BCUT2D eigenvalue weighted by molar-refractivity contribution is -0.885. The highest BCUT2D eigenvalue weighted by atomic mass is 79.9. The number of ether oxygens (including phenoxy) is 2. The minimum absolute atomic E-state index is 0.0318. The van der Waals surface area contributed by atoms with Crippen LogP contribution in [0.5, 0.6) is 11.5 Å². The van der Waals surface area contributed by atoms with Gasteiger partial charge in [0, 0.05) is 15.7 Å². The van der Waals surface area contributed by atoms with Crippen LogP contribution in [-0.4, -0.2) is 33.2 Å². The van der Waals surface area contributed by atoms with Gasteiger partial charge in [0.25, 0.3) is 5.91 Å². The van der Waals surface area contributed by atoms with Gasteiger partial charge in [-0.1, -0.05) is 15.9 Å². The van der Waals surface area contributed by atoms with E-state index in [-0.39, 0.29) is 5.91 Å². The zero-order chi connectivity index (χ0) is 18.2. The molecular formula is C19H24BrN2O3+. The molecule has 6 heteroatoms. The Bertz CT molecular complexity index is 704. The zero-order valence-corrected chi connectivity index (χ0v) is 16.4. The summed E-state index contributed by atoms with van der Waals surface area (Å²) in [5.41, 5.74) is 1.82. The maximum Gasteiger partial charge on any atom is 0.279 e. The van der Waals surface area contributed by atoms with Crippen LogP contribution in [0.3, 0.4) is 0 Å². The number of carbonyl (C=O) groups is 1. The highest BCUT2D eigenvalue weighted by Gasteiger charge is 2.14. The summed E-state index contributed by atoms with van der Waals surface area (Å²) in [6.07, 6.45) is 0. The lowest BCUT2D eigenvalue weighted by Gasteiger charge is -2.16. The topological polar surface area (TPSA) is 52.0 Å². The Kier molecular flexibility index (Phi) is 7.28. The molecule has 2 N–H and O–H groups in total. The molecule has 0 heterocycles. The summed E-state index contributed by atoms with van der Waals surface area (Å²) in [5.74, 6) is 1.59. The van der Waals surface area contributed by atoms with E-state index in [9.17, 15) is 4.79 Å². The van der Waals surface area contributed by atoms with Gasteiger partial charge in [0.1, 0.15) is 18.0 Å². The molecule has 2 rings (SSSR count). The van der Waals surface area contributed by atoms with Crippen LogP contribution >= 0.6 is 15.9 Å². The molecule has 0 aromatic heterocycles. The number of hydrogen-bond acceptors (Lipinski definition) is 3. The van der Waals surface area contributed by atoms with Crippen molar-refractivity contribution in [3.05, 3.63) is 52.5 Å². The molecule has 134 valence electrons. The third kappa shape index (κ3) is 6.07. The van der Waals surface area contributed by atoms with Crippen LogP contribution < -0.4 is 19.7 Å². The van der Waals surface area contributed by atoms with Gasteiger partial charge in [-0.15, -0.1) is 0 Å². The molecule has 0 aliphatic rings. The van der Waals surface area contributed by atoms with Crippen LogP contribution in [0.15, 0.2) is 46.9 Å². The van der Waals surface area contributed by atoms with E-state index < -0.39 is 0 Å². The van der Waals surface area contributed by atoms with Crippen molar-refractivity contribution in [2.75, 3.05) is 32.6 Å². The number of likely N-dealkylation sites (N-methyl/N-ethyl adjacent to an activating group) is 1. The molecule has 1 amide bonds. The Morgan fingerprint density at radius 1 is 1.20 bits per heavy atom. The average Bonchev–Trinajstić information content (AvgIpc) is 2.57. The minimum Gasteiger partial charge on any atom is -0.496 e. The Hall–Kier alpha value is -2.05. The molecule has 0 aliphatic carbocycles. The number of hydrogen-bond donors (Lipinski definition) is 2. The maximum absolute atomic E-state index is 12.2. The molecule has 0 aliphatic heterocycles. The van der Waals surface area contributed by atoms with Crippen LogP contribution in [0.2, 0.25) is 0 Å². The van der Waals surface area contributed by atoms with E-state index >= 15 is 0 Å². The first kappa shape index (κ1) is 19.3. The van der Waals surface area contributed by atoms with Crippen LogP contribution in [0, 0.1) is 0 Å². The monoisotopic (exact) mass is 407 g/mol. The van der Waals surface area contributed by atoms with Crippen molar-refractivity contribution in [2.24, 2.45) is 0 Å². The second kappa shape index (κ2) is 9.44. The van der Waals surface area contributed by atoms with E-state index in [0.717, 1.165) is 32.1 Å². The average molecular weight is 408 g/mol. The summed E-state index contributed by atoms with van der Waals surface area (Å²) in [7, 11) is 3.64. The summed E-state index contributed by atoms with van der Waals surface area (Å²) < 4.78 is 11.8. The number of rotatable bonds is 8. The Labute approximate surface area is 157 Å². The SMILES string of the molecule is CCOc1ccc(NC(=O)C[NH+](C)Cc2cc(Br)ccc2OC)cc1. The van der Waals surface area contributed by atoms with Crippen molar-refractivity contribution in [1.82, 2.24) is 0 Å². The molecule has 25 heavy (non-hydrogen) atoms. The van der Waals surface area contributed by atoms with E-state index in [1.165, 1.54) is 0 Å². The third-order valence-corrected chi connectivity index (χ3v) is 4.14. The van der Waals surface area contributed by atoms with Gasteiger partial charge in [0.05, 0.1) is 20.8 Å². The van der Waals surface area contributed by atoms with Gasteiger partial charge < -0.3 is 19.7 Å². The molecule has 0 saturated carbocycles. The van der Waals surface area contributed by atoms with Crippen LogP contribution in [-0.2, 0) is 11.3 Å². The number of methoxy groups -OCH3 is 1. The lowest BCUT2D eigenvalue weighted by Crippen LogP contribution is -3.08. The van der Waals surface area contributed by atoms with Gasteiger partial charge in [0.15, 0.2) is 6.54 Å². The normalized spacial score (nSPS) is 11.7. The van der Waals surface area contributed by atoms with Crippen molar-refractivity contribution in [3.8, 4) is 11.5 Å². The molecule has 2 aromatic rings. The predicted octanol–water partition coefficient (Wildman–Crippen LogP) is 2.51. The number of nitrogens with one attached hydrogen (secondary N) is 2. The molecule has 0 spiro atoms. The molecule has 5 nitrogen and oxygen atoms in total. The molecule has 1 atom stereocenters. The van der Waals surface area contributed by atoms with Crippen molar-refractivity contribution in [1.29, 1.82) is 0 Å². The van der Waals surface area contributed by atoms with Gasteiger partial charge in [-0.3, -0.25) is 4.79 Å². The van der Waals surface area contributed by atoms with Crippen LogP contribution in [0.25, 0.3) is 0 Å². The standard InChI is InChI=1S/C19H23BrN2O3/c1-4-25-17-8-6-16(7-9-17)21-19(23)13-22(2)12-14-11-15(20)5-10-18(14)24-3/h5-11H,4,12-13H2,1-3H3,(H,21,23)/p+1. The van der Waals surface area contributed by atoms with Crippen LogP contribution in [0.4, 0.5) is 5.69 Å². The van der Waals surface area contributed by atoms with Gasteiger partial charge in [-0.2, -0.15) is 0 Å². The quantitative estimate of drug-likeness (QED) is 0.706. The number of carbonyl (C=O) groups excluding carboxylic acids is 1. The first-order chi connectivity index (χ1) is 12.0. The fourth-order valence-electron chi connectivity index (χ4n) is 2.55. The highest BCUT2D eigenvalue weighted by molar-refractivity contribution is 9.10. The van der Waals surface area contributed by atoms with Gasteiger partial charge in [0.2, 0.25) is 0 Å². The fourth-order valence-corrected chi connectivity index (χ4v) is 2.96. The number of benzene rings is 2. The van der Waals surface area contributed by atoms with E-state index in [2.05, 4.69) is 21.2 Å². The van der Waals surface area contributed by atoms with E-state index in [0.29, 0.717) is 19.7 Å². The van der Waals surface area contributed by atoms with Crippen LogP contribution in [0.1, 0.15) is 12.5 Å². The summed E-state index contributed by atoms with van der Waals surface area (Å²) in [6, 6.07) is 13.3. The number of amides is 1. The first-order valence-electron chi connectivity index (χ1n) is 8.18. The smallest absolute Gasteiger partial charge is 0.279 e. The second-order valence-electron chi connectivity index (χ2n) is 5.77. The first-order valence-corrected chi connectivity index (χ1v) is 8.97. The molecule has 0 radical (unpaired) electrons. The summed E-state index contributed by atoms with van der Waals surface area (Å²) >= 11 is 3.47. The summed E-state index contributed by atoms with van der Waals surface area (Å²) in [6.45, 7) is 3.62. The number of halogens is 1. The second-order valence-corrected chi connectivity index (χ2v) is 6.69.